The fourth-order valence-corrected chi connectivity index (χ4v) is 3.74. The van der Waals surface area contributed by atoms with Gasteiger partial charge in [-0.15, -0.1) is 11.6 Å². The van der Waals surface area contributed by atoms with Crippen molar-refractivity contribution in [3.8, 4) is 0 Å². The Labute approximate surface area is 133 Å². The molecule has 0 amide bonds. The van der Waals surface area contributed by atoms with E-state index in [1.165, 1.54) is 31.7 Å². The standard InChI is InChI=1S/C16H17Cl2FN2/c17-6-5-15-20-13-8-12(19)11(18)7-14(13)21(15)16(9-1-2-9)10-3-4-10/h7-10,16H,1-6H2. The minimum atomic E-state index is -0.402. The maximum atomic E-state index is 13.7. The molecule has 2 aliphatic carbocycles. The highest BCUT2D eigenvalue weighted by atomic mass is 35.5. The van der Waals surface area contributed by atoms with Gasteiger partial charge in [-0.2, -0.15) is 0 Å². The lowest BCUT2D eigenvalue weighted by Crippen LogP contribution is -2.16. The van der Waals surface area contributed by atoms with E-state index in [9.17, 15) is 4.39 Å². The van der Waals surface area contributed by atoms with Crippen LogP contribution < -0.4 is 0 Å². The zero-order valence-electron chi connectivity index (χ0n) is 11.7. The number of halogens is 3. The van der Waals surface area contributed by atoms with Crippen molar-refractivity contribution in [2.24, 2.45) is 11.8 Å². The normalized spacial score (nSPS) is 18.9. The van der Waals surface area contributed by atoms with E-state index >= 15 is 0 Å². The molecule has 0 unspecified atom stereocenters. The van der Waals surface area contributed by atoms with Gasteiger partial charge in [-0.25, -0.2) is 9.37 Å². The Balaban J connectivity index is 1.90. The van der Waals surface area contributed by atoms with E-state index in [2.05, 4.69) is 9.55 Å². The Morgan fingerprint density at radius 3 is 2.48 bits per heavy atom. The van der Waals surface area contributed by atoms with Crippen LogP contribution in [0.3, 0.4) is 0 Å². The molecule has 1 aromatic heterocycles. The van der Waals surface area contributed by atoms with E-state index in [-0.39, 0.29) is 5.02 Å². The third kappa shape index (κ3) is 2.44. The first-order valence-electron chi connectivity index (χ1n) is 7.61. The number of alkyl halides is 1. The summed E-state index contributed by atoms with van der Waals surface area (Å²) in [6.07, 6.45) is 5.86. The second kappa shape index (κ2) is 5.13. The molecule has 1 aromatic carbocycles. The number of imidazole rings is 1. The third-order valence-electron chi connectivity index (χ3n) is 4.63. The molecule has 0 N–H and O–H groups in total. The fraction of sp³-hybridized carbons (Fsp3) is 0.562. The molecular formula is C16H17Cl2FN2. The number of rotatable bonds is 5. The number of hydrogen-bond acceptors (Lipinski definition) is 1. The summed E-state index contributed by atoms with van der Waals surface area (Å²) in [5.74, 6) is 2.59. The van der Waals surface area contributed by atoms with Crippen LogP contribution in [0.25, 0.3) is 11.0 Å². The zero-order chi connectivity index (χ0) is 14.6. The number of aromatic nitrogens is 2. The summed E-state index contributed by atoms with van der Waals surface area (Å²) >= 11 is 11.9. The Kier molecular flexibility index (Phi) is 3.38. The highest BCUT2D eigenvalue weighted by Gasteiger charge is 2.43. The summed E-state index contributed by atoms with van der Waals surface area (Å²) in [7, 11) is 0. The fourth-order valence-electron chi connectivity index (χ4n) is 3.42. The van der Waals surface area contributed by atoms with E-state index in [4.69, 9.17) is 23.2 Å². The monoisotopic (exact) mass is 326 g/mol. The quantitative estimate of drug-likeness (QED) is 0.709. The molecule has 4 rings (SSSR count). The Morgan fingerprint density at radius 2 is 1.90 bits per heavy atom. The number of benzene rings is 1. The molecule has 2 nitrogen and oxygen atoms in total. The van der Waals surface area contributed by atoms with Gasteiger partial charge in [0.2, 0.25) is 0 Å². The van der Waals surface area contributed by atoms with Gasteiger partial charge in [-0.05, 0) is 43.6 Å². The van der Waals surface area contributed by atoms with Crippen LogP contribution >= 0.6 is 23.2 Å². The highest BCUT2D eigenvalue weighted by molar-refractivity contribution is 6.31. The molecule has 5 heteroatoms. The van der Waals surface area contributed by atoms with Crippen LogP contribution in [0.5, 0.6) is 0 Å². The van der Waals surface area contributed by atoms with E-state index in [0.717, 1.165) is 23.2 Å². The maximum Gasteiger partial charge on any atom is 0.144 e. The molecule has 2 saturated carbocycles. The van der Waals surface area contributed by atoms with E-state index in [1.54, 1.807) is 6.07 Å². The van der Waals surface area contributed by atoms with Crippen molar-refractivity contribution in [2.75, 3.05) is 5.88 Å². The van der Waals surface area contributed by atoms with Crippen molar-refractivity contribution in [1.82, 2.24) is 9.55 Å². The summed E-state index contributed by atoms with van der Waals surface area (Å²) in [6.45, 7) is 0. The average Bonchev–Trinajstić information content (AvgIpc) is 3.34. The first kappa shape index (κ1) is 13.8. The van der Waals surface area contributed by atoms with Crippen LogP contribution in [-0.2, 0) is 6.42 Å². The Hall–Kier alpha value is -0.800. The number of aryl methyl sites for hydroxylation is 1. The minimum absolute atomic E-state index is 0.173. The van der Waals surface area contributed by atoms with Crippen molar-refractivity contribution in [2.45, 2.75) is 38.1 Å². The minimum Gasteiger partial charge on any atom is -0.324 e. The molecule has 2 fully saturated rings. The first-order valence-corrected chi connectivity index (χ1v) is 8.52. The Morgan fingerprint density at radius 1 is 1.24 bits per heavy atom. The van der Waals surface area contributed by atoms with E-state index in [1.807, 2.05) is 0 Å². The lowest BCUT2D eigenvalue weighted by molar-refractivity contribution is 0.393. The smallest absolute Gasteiger partial charge is 0.144 e. The van der Waals surface area contributed by atoms with Crippen molar-refractivity contribution in [3.63, 3.8) is 0 Å². The summed E-state index contributed by atoms with van der Waals surface area (Å²) in [4.78, 5) is 4.63. The molecule has 0 aliphatic heterocycles. The van der Waals surface area contributed by atoms with Crippen LogP contribution in [0.2, 0.25) is 5.02 Å². The molecule has 2 aromatic rings. The van der Waals surface area contributed by atoms with Gasteiger partial charge in [0, 0.05) is 24.4 Å². The predicted molar refractivity (Wildman–Crippen MR) is 83.6 cm³/mol. The lowest BCUT2D eigenvalue weighted by atomic mass is 10.1. The highest BCUT2D eigenvalue weighted by Crippen LogP contribution is 2.53. The SMILES string of the molecule is Fc1cc2nc(CCCl)n(C(C3CC3)C3CC3)c2cc1Cl. The molecule has 21 heavy (non-hydrogen) atoms. The summed E-state index contributed by atoms with van der Waals surface area (Å²) in [6, 6.07) is 3.67. The molecule has 2 aliphatic rings. The van der Waals surface area contributed by atoms with Gasteiger partial charge in [0.1, 0.15) is 11.6 Å². The van der Waals surface area contributed by atoms with Crippen LogP contribution in [-0.4, -0.2) is 15.4 Å². The lowest BCUT2D eigenvalue weighted by Gasteiger charge is -2.21. The maximum absolute atomic E-state index is 13.7. The van der Waals surface area contributed by atoms with Gasteiger partial charge in [0.05, 0.1) is 16.1 Å². The zero-order valence-corrected chi connectivity index (χ0v) is 13.2. The molecular weight excluding hydrogens is 310 g/mol. The molecule has 0 bridgehead atoms. The van der Waals surface area contributed by atoms with Crippen molar-refractivity contribution < 1.29 is 4.39 Å². The van der Waals surface area contributed by atoms with Gasteiger partial charge in [0.25, 0.3) is 0 Å². The molecule has 0 saturated heterocycles. The van der Waals surface area contributed by atoms with Crippen LogP contribution in [0, 0.1) is 17.7 Å². The Bertz CT molecular complexity index is 677. The van der Waals surface area contributed by atoms with Gasteiger partial charge >= 0.3 is 0 Å². The topological polar surface area (TPSA) is 17.8 Å². The third-order valence-corrected chi connectivity index (χ3v) is 5.11. The van der Waals surface area contributed by atoms with E-state index in [0.29, 0.717) is 23.9 Å². The second-order valence-electron chi connectivity index (χ2n) is 6.26. The van der Waals surface area contributed by atoms with Crippen molar-refractivity contribution in [1.29, 1.82) is 0 Å². The van der Waals surface area contributed by atoms with Gasteiger partial charge < -0.3 is 4.57 Å². The van der Waals surface area contributed by atoms with E-state index < -0.39 is 5.82 Å². The van der Waals surface area contributed by atoms with Gasteiger partial charge in [-0.3, -0.25) is 0 Å². The first-order chi connectivity index (χ1) is 10.2. The van der Waals surface area contributed by atoms with Gasteiger partial charge in [0.15, 0.2) is 0 Å². The van der Waals surface area contributed by atoms with Gasteiger partial charge in [-0.1, -0.05) is 11.6 Å². The number of fused-ring (bicyclic) bond motifs is 1. The largest absolute Gasteiger partial charge is 0.324 e. The van der Waals surface area contributed by atoms with Crippen LogP contribution in [0.4, 0.5) is 4.39 Å². The molecule has 1 heterocycles. The van der Waals surface area contributed by atoms with Crippen molar-refractivity contribution >= 4 is 34.2 Å². The summed E-state index contributed by atoms with van der Waals surface area (Å²) in [5.41, 5.74) is 1.66. The molecule has 0 spiro atoms. The molecule has 0 atom stereocenters. The molecule has 0 radical (unpaired) electrons. The van der Waals surface area contributed by atoms with Crippen molar-refractivity contribution in [3.05, 3.63) is 28.8 Å². The average molecular weight is 327 g/mol. The molecule has 112 valence electrons. The van der Waals surface area contributed by atoms with Crippen LogP contribution in [0.15, 0.2) is 12.1 Å². The summed E-state index contributed by atoms with van der Waals surface area (Å²) in [5, 5.41) is 0.173. The second-order valence-corrected chi connectivity index (χ2v) is 7.04. The van der Waals surface area contributed by atoms with Crippen LogP contribution in [0.1, 0.15) is 37.5 Å². The predicted octanol–water partition coefficient (Wildman–Crippen LogP) is 4.97. The number of hydrogen-bond donors (Lipinski definition) is 0. The number of nitrogens with zero attached hydrogens (tertiary/aromatic N) is 2. The summed E-state index contributed by atoms with van der Waals surface area (Å²) < 4.78 is 16.0.